The zero-order valence-electron chi connectivity index (χ0n) is 16.2. The molecule has 0 bridgehead atoms. The van der Waals surface area contributed by atoms with Gasteiger partial charge < -0.3 is 19.5 Å². The van der Waals surface area contributed by atoms with E-state index in [9.17, 15) is 14.9 Å². The number of amides is 1. The molecule has 1 fully saturated rings. The van der Waals surface area contributed by atoms with Crippen molar-refractivity contribution in [3.8, 4) is 17.2 Å². The molecule has 0 saturated heterocycles. The first kappa shape index (κ1) is 20.3. The smallest absolute Gasteiger partial charge is 0.271 e. The van der Waals surface area contributed by atoms with Crippen molar-refractivity contribution in [3.05, 3.63) is 57.1 Å². The number of nitro benzene ring substituents is 1. The van der Waals surface area contributed by atoms with E-state index in [4.69, 9.17) is 25.8 Å². The van der Waals surface area contributed by atoms with Crippen LogP contribution in [0, 0.1) is 10.1 Å². The maximum Gasteiger partial charge on any atom is 0.271 e. The zero-order chi connectivity index (χ0) is 21.1. The molecule has 158 valence electrons. The van der Waals surface area contributed by atoms with Gasteiger partial charge in [-0.1, -0.05) is 30.5 Å². The van der Waals surface area contributed by atoms with E-state index in [2.05, 4.69) is 5.32 Å². The van der Waals surface area contributed by atoms with Crippen LogP contribution in [0.1, 0.15) is 31.2 Å². The Labute approximate surface area is 178 Å². The number of hydrogen-bond donors (Lipinski definition) is 1. The van der Waals surface area contributed by atoms with E-state index in [1.807, 2.05) is 18.2 Å². The number of hydrogen-bond acceptors (Lipinski definition) is 6. The molecule has 0 radical (unpaired) electrons. The van der Waals surface area contributed by atoms with Gasteiger partial charge in [-0.15, -0.1) is 0 Å². The largest absolute Gasteiger partial charge is 0.486 e. The second-order valence-electron chi connectivity index (χ2n) is 7.36. The number of ether oxygens (including phenoxy) is 3. The topological polar surface area (TPSA) is 99.9 Å². The molecule has 8 nitrogen and oxygen atoms in total. The molecule has 2 aliphatic rings. The van der Waals surface area contributed by atoms with Crippen LogP contribution < -0.4 is 19.5 Å². The van der Waals surface area contributed by atoms with Crippen molar-refractivity contribution in [2.24, 2.45) is 0 Å². The molecule has 1 aliphatic heterocycles. The first-order valence-corrected chi connectivity index (χ1v) is 10.1. The molecule has 2 aromatic carbocycles. The third-order valence-corrected chi connectivity index (χ3v) is 5.71. The monoisotopic (exact) mass is 432 g/mol. The minimum absolute atomic E-state index is 0.0828. The summed E-state index contributed by atoms with van der Waals surface area (Å²) in [5, 5.41) is 14.0. The van der Waals surface area contributed by atoms with Gasteiger partial charge in [0.25, 0.3) is 11.6 Å². The highest BCUT2D eigenvalue weighted by Gasteiger charge is 2.38. The van der Waals surface area contributed by atoms with Gasteiger partial charge in [0.1, 0.15) is 19.0 Å². The third kappa shape index (κ3) is 4.14. The Balaban J connectivity index is 1.46. The molecule has 1 aliphatic carbocycles. The molecule has 0 atom stereocenters. The Kier molecular flexibility index (Phi) is 5.67. The van der Waals surface area contributed by atoms with Gasteiger partial charge >= 0.3 is 0 Å². The van der Waals surface area contributed by atoms with Crippen LogP contribution in [0.25, 0.3) is 0 Å². The molecule has 4 rings (SSSR count). The number of benzene rings is 2. The minimum atomic E-state index is -0.542. The molecule has 30 heavy (non-hydrogen) atoms. The first-order chi connectivity index (χ1) is 14.5. The van der Waals surface area contributed by atoms with Gasteiger partial charge in [0.05, 0.1) is 15.5 Å². The maximum absolute atomic E-state index is 12.7. The first-order valence-electron chi connectivity index (χ1n) is 9.75. The van der Waals surface area contributed by atoms with Gasteiger partial charge in [-0.05, 0) is 36.6 Å². The number of nitrogens with one attached hydrogen (secondary N) is 1. The van der Waals surface area contributed by atoms with Crippen LogP contribution in [0.15, 0.2) is 36.4 Å². The predicted octanol–water partition coefficient (Wildman–Crippen LogP) is 3.98. The van der Waals surface area contributed by atoms with Crippen LogP contribution in [-0.4, -0.2) is 30.7 Å². The van der Waals surface area contributed by atoms with Gasteiger partial charge in [0.15, 0.2) is 18.1 Å². The standard InChI is InChI=1S/C21H21ClN2O6/c22-16-12-15(24(26)27)4-6-17(16)30-13-20(25)23-21(7-1-2-8-21)14-3-5-18-19(11-14)29-10-9-28-18/h3-6,11-12H,1-2,7-10,13H2,(H,23,25). The molecule has 1 N–H and O–H groups in total. The van der Waals surface area contributed by atoms with Crippen LogP contribution in [-0.2, 0) is 10.3 Å². The highest BCUT2D eigenvalue weighted by Crippen LogP contribution is 2.42. The van der Waals surface area contributed by atoms with E-state index < -0.39 is 10.5 Å². The summed E-state index contributed by atoms with van der Waals surface area (Å²) in [6.45, 7) is 0.778. The van der Waals surface area contributed by atoms with Crippen molar-refractivity contribution in [2.45, 2.75) is 31.2 Å². The Morgan fingerprint density at radius 3 is 2.57 bits per heavy atom. The summed E-state index contributed by atoms with van der Waals surface area (Å²) in [6.07, 6.45) is 3.64. The van der Waals surface area contributed by atoms with Crippen molar-refractivity contribution in [1.29, 1.82) is 0 Å². The highest BCUT2D eigenvalue weighted by atomic mass is 35.5. The quantitative estimate of drug-likeness (QED) is 0.547. The number of nitrogens with zero attached hydrogens (tertiary/aromatic N) is 1. The van der Waals surface area contributed by atoms with E-state index >= 15 is 0 Å². The van der Waals surface area contributed by atoms with Crippen LogP contribution in [0.5, 0.6) is 17.2 Å². The number of carbonyl (C=O) groups is 1. The summed E-state index contributed by atoms with van der Waals surface area (Å²) >= 11 is 6.03. The SMILES string of the molecule is O=C(COc1ccc([N+](=O)[O-])cc1Cl)NC1(c2ccc3c(c2)OCCO3)CCCC1. The second kappa shape index (κ2) is 8.39. The predicted molar refractivity (Wildman–Crippen MR) is 109 cm³/mol. The molecule has 0 spiro atoms. The zero-order valence-corrected chi connectivity index (χ0v) is 16.9. The molecule has 0 aromatic heterocycles. The fourth-order valence-electron chi connectivity index (χ4n) is 3.97. The van der Waals surface area contributed by atoms with Crippen molar-refractivity contribution in [1.82, 2.24) is 5.32 Å². The summed E-state index contributed by atoms with van der Waals surface area (Å²) in [7, 11) is 0. The summed E-state index contributed by atoms with van der Waals surface area (Å²) in [6, 6.07) is 9.65. The van der Waals surface area contributed by atoms with Crippen LogP contribution >= 0.6 is 11.6 Å². The van der Waals surface area contributed by atoms with Gasteiger partial charge in [-0.2, -0.15) is 0 Å². The Morgan fingerprint density at radius 1 is 1.13 bits per heavy atom. The second-order valence-corrected chi connectivity index (χ2v) is 7.76. The van der Waals surface area contributed by atoms with E-state index in [0.717, 1.165) is 31.2 Å². The Bertz CT molecular complexity index is 974. The van der Waals surface area contributed by atoms with Crippen molar-refractivity contribution in [3.63, 3.8) is 0 Å². The fourth-order valence-corrected chi connectivity index (χ4v) is 4.20. The van der Waals surface area contributed by atoms with Gasteiger partial charge in [-0.3, -0.25) is 14.9 Å². The van der Waals surface area contributed by atoms with Crippen molar-refractivity contribution in [2.75, 3.05) is 19.8 Å². The highest BCUT2D eigenvalue weighted by molar-refractivity contribution is 6.32. The molecule has 1 saturated carbocycles. The summed E-state index contributed by atoms with van der Waals surface area (Å²) in [4.78, 5) is 22.9. The number of halogens is 1. The number of carbonyl (C=O) groups excluding carboxylic acids is 1. The third-order valence-electron chi connectivity index (χ3n) is 5.42. The molecule has 2 aromatic rings. The van der Waals surface area contributed by atoms with Gasteiger partial charge in [0.2, 0.25) is 0 Å². The van der Waals surface area contributed by atoms with Gasteiger partial charge in [-0.25, -0.2) is 0 Å². The van der Waals surface area contributed by atoms with Crippen LogP contribution in [0.4, 0.5) is 5.69 Å². The molecule has 1 amide bonds. The van der Waals surface area contributed by atoms with Crippen molar-refractivity contribution >= 4 is 23.2 Å². The number of non-ortho nitro benzene ring substituents is 1. The van der Waals surface area contributed by atoms with Crippen molar-refractivity contribution < 1.29 is 23.9 Å². The molecule has 9 heteroatoms. The summed E-state index contributed by atoms with van der Waals surface area (Å²) in [5.41, 5.74) is 0.349. The average molecular weight is 433 g/mol. The molecular weight excluding hydrogens is 412 g/mol. The number of fused-ring (bicyclic) bond motifs is 1. The molecular formula is C21H21ClN2O6. The lowest BCUT2D eigenvalue weighted by Crippen LogP contribution is -2.45. The molecule has 1 heterocycles. The maximum atomic E-state index is 12.7. The lowest BCUT2D eigenvalue weighted by Gasteiger charge is -2.32. The van der Waals surface area contributed by atoms with Crippen LogP contribution in [0.2, 0.25) is 5.02 Å². The van der Waals surface area contributed by atoms with Crippen LogP contribution in [0.3, 0.4) is 0 Å². The summed E-state index contributed by atoms with van der Waals surface area (Å²) < 4.78 is 16.8. The van der Waals surface area contributed by atoms with Gasteiger partial charge in [0, 0.05) is 12.1 Å². The lowest BCUT2D eigenvalue weighted by molar-refractivity contribution is -0.384. The number of nitro groups is 1. The minimum Gasteiger partial charge on any atom is -0.486 e. The Hall–Kier alpha value is -3.00. The number of rotatable bonds is 6. The average Bonchev–Trinajstić information content (AvgIpc) is 3.22. The van der Waals surface area contributed by atoms with E-state index in [0.29, 0.717) is 24.7 Å². The molecule has 0 unspecified atom stereocenters. The Morgan fingerprint density at radius 2 is 1.87 bits per heavy atom. The van der Waals surface area contributed by atoms with E-state index in [1.54, 1.807) is 0 Å². The summed E-state index contributed by atoms with van der Waals surface area (Å²) in [5.74, 6) is 1.33. The van der Waals surface area contributed by atoms with E-state index in [-0.39, 0.29) is 29.0 Å². The van der Waals surface area contributed by atoms with E-state index in [1.165, 1.54) is 18.2 Å². The fraction of sp³-hybridized carbons (Fsp3) is 0.381. The normalized spacial score (nSPS) is 16.7. The lowest BCUT2D eigenvalue weighted by atomic mass is 9.87.